The average molecular weight is 266 g/mol. The van der Waals surface area contributed by atoms with Gasteiger partial charge in [-0.2, -0.15) is 0 Å². The van der Waals surface area contributed by atoms with Crippen LogP contribution in [0, 0.1) is 0 Å². The van der Waals surface area contributed by atoms with Crippen LogP contribution >= 0.6 is 0 Å². The van der Waals surface area contributed by atoms with Crippen LogP contribution in [0.4, 0.5) is 0 Å². The molecule has 0 fully saturated rings. The molecule has 0 rings (SSSR count). The summed E-state index contributed by atoms with van der Waals surface area (Å²) >= 11 is 0. The van der Waals surface area contributed by atoms with Crippen LogP contribution in [0.2, 0.25) is 0 Å². The molecule has 0 aromatic heterocycles. The number of carbonyl (C=O) groups is 1. The van der Waals surface area contributed by atoms with Gasteiger partial charge in [-0.15, -0.1) is 4.65 Å². The van der Waals surface area contributed by atoms with Gasteiger partial charge in [0.05, 0.1) is 0 Å². The van der Waals surface area contributed by atoms with Gasteiger partial charge in [0.2, 0.25) is 0 Å². The molecule has 0 aromatic carbocycles. The quantitative estimate of drug-likeness (QED) is 0.359. The predicted octanol–water partition coefficient (Wildman–Crippen LogP) is -1.10. The van der Waals surface area contributed by atoms with Gasteiger partial charge >= 0.3 is 5.97 Å². The predicted molar refractivity (Wildman–Crippen MR) is 52.8 cm³/mol. The fraction of sp³-hybridized carbons (Fsp3) is 0.700. The molecule has 0 saturated heterocycles. The molecule has 0 spiro atoms. The summed E-state index contributed by atoms with van der Waals surface area (Å²) in [5, 5.41) is 0. The van der Waals surface area contributed by atoms with Crippen molar-refractivity contribution in [3.8, 4) is 0 Å². The molecule has 0 bridgehead atoms. The van der Waals surface area contributed by atoms with E-state index in [1.54, 1.807) is 6.92 Å². The summed E-state index contributed by atoms with van der Waals surface area (Å²) in [6.07, 6.45) is 2.16. The largest absolute Gasteiger partial charge is 1.00 e. The number of hydrogen-bond acceptors (Lipinski definition) is 2. The fourth-order valence-electron chi connectivity index (χ4n) is 0.887. The van der Waals surface area contributed by atoms with Gasteiger partial charge in [0.15, 0.2) is 0 Å². The number of nitrogens with zero attached hydrogens (tertiary/aromatic N) is 1. The maximum absolute atomic E-state index is 11.2. The number of hydrogen-bond donors (Lipinski definition) is 0. The van der Waals surface area contributed by atoms with Crippen LogP contribution in [0.5, 0.6) is 0 Å². The Morgan fingerprint density at radius 2 is 1.93 bits per heavy atom. The molecule has 4 heteroatoms. The van der Waals surface area contributed by atoms with Gasteiger partial charge in [-0.3, -0.25) is 4.84 Å². The highest BCUT2D eigenvalue weighted by atomic mass is 79.9. The van der Waals surface area contributed by atoms with Gasteiger partial charge in [-0.05, 0) is 13.3 Å². The van der Waals surface area contributed by atoms with Crippen molar-refractivity contribution in [2.45, 2.75) is 26.7 Å². The molecule has 0 saturated carbocycles. The van der Waals surface area contributed by atoms with Gasteiger partial charge in [-0.1, -0.05) is 19.9 Å². The number of hydroxylamine groups is 3. The van der Waals surface area contributed by atoms with Gasteiger partial charge < -0.3 is 17.0 Å². The molecule has 14 heavy (non-hydrogen) atoms. The van der Waals surface area contributed by atoms with Crippen molar-refractivity contribution in [2.75, 3.05) is 20.6 Å². The van der Waals surface area contributed by atoms with Crippen LogP contribution in [-0.4, -0.2) is 31.3 Å². The molecule has 0 N–H and O–H groups in total. The second-order valence-corrected chi connectivity index (χ2v) is 3.81. The average Bonchev–Trinajstić information content (AvgIpc) is 2.00. The van der Waals surface area contributed by atoms with Gasteiger partial charge in [0.25, 0.3) is 0 Å². The molecular weight excluding hydrogens is 246 g/mol. The maximum atomic E-state index is 11.2. The summed E-state index contributed by atoms with van der Waals surface area (Å²) in [6.45, 7) is 8.14. The molecule has 0 unspecified atom stereocenters. The fourth-order valence-corrected chi connectivity index (χ4v) is 0.887. The van der Waals surface area contributed by atoms with Gasteiger partial charge in [0.1, 0.15) is 20.6 Å². The number of rotatable bonds is 5. The lowest BCUT2D eigenvalue weighted by Crippen LogP contribution is -3.00. The van der Waals surface area contributed by atoms with E-state index in [1.807, 2.05) is 14.1 Å². The third-order valence-corrected chi connectivity index (χ3v) is 1.73. The van der Waals surface area contributed by atoms with Crippen molar-refractivity contribution in [1.82, 2.24) is 0 Å². The summed E-state index contributed by atoms with van der Waals surface area (Å²) in [7, 11) is 3.74. The van der Waals surface area contributed by atoms with E-state index in [9.17, 15) is 4.79 Å². The first-order valence-corrected chi connectivity index (χ1v) is 4.61. The standard InChI is InChI=1S/C10H20NO2.BrH/c1-6-7-8-11(4,5)13-10(12)9(2)3;/h2,6-8H2,1,3-5H3;1H/q+1;/p-1. The van der Waals surface area contributed by atoms with E-state index >= 15 is 0 Å². The molecule has 0 atom stereocenters. The smallest absolute Gasteiger partial charge is 0.392 e. The minimum absolute atomic E-state index is 0. The third-order valence-electron chi connectivity index (χ3n) is 1.73. The molecule has 0 aliphatic carbocycles. The van der Waals surface area contributed by atoms with E-state index in [0.29, 0.717) is 5.57 Å². The second-order valence-electron chi connectivity index (χ2n) is 3.81. The van der Waals surface area contributed by atoms with E-state index in [4.69, 9.17) is 4.84 Å². The highest BCUT2D eigenvalue weighted by molar-refractivity contribution is 5.86. The topological polar surface area (TPSA) is 26.3 Å². The Labute approximate surface area is 97.0 Å². The zero-order valence-corrected chi connectivity index (χ0v) is 11.1. The molecule has 84 valence electrons. The van der Waals surface area contributed by atoms with Gasteiger partial charge in [0, 0.05) is 5.57 Å². The summed E-state index contributed by atoms with van der Waals surface area (Å²) in [6, 6.07) is 0. The van der Waals surface area contributed by atoms with E-state index in [2.05, 4.69) is 13.5 Å². The van der Waals surface area contributed by atoms with Crippen LogP contribution < -0.4 is 17.0 Å². The van der Waals surface area contributed by atoms with Crippen molar-refractivity contribution >= 4 is 5.97 Å². The zero-order chi connectivity index (χ0) is 10.5. The van der Waals surface area contributed by atoms with Crippen LogP contribution in [0.1, 0.15) is 26.7 Å². The SMILES string of the molecule is C=C(C)C(=O)O[N+](C)(C)CCCC.[Br-]. The lowest BCUT2D eigenvalue weighted by atomic mass is 10.3. The first-order valence-electron chi connectivity index (χ1n) is 4.61. The number of halogens is 1. The lowest BCUT2D eigenvalue weighted by Gasteiger charge is -2.25. The molecule has 0 amide bonds. The normalized spacial score (nSPS) is 10.3. The van der Waals surface area contributed by atoms with Crippen LogP contribution in [0.15, 0.2) is 12.2 Å². The van der Waals surface area contributed by atoms with Crippen molar-refractivity contribution in [3.05, 3.63) is 12.2 Å². The first kappa shape index (κ1) is 16.1. The van der Waals surface area contributed by atoms with E-state index in [-0.39, 0.29) is 27.6 Å². The van der Waals surface area contributed by atoms with Crippen LogP contribution in [-0.2, 0) is 9.63 Å². The molecule has 0 aliphatic rings. The second kappa shape index (κ2) is 7.01. The molecular formula is C10H20BrNO2. The van der Waals surface area contributed by atoms with E-state index in [0.717, 1.165) is 19.4 Å². The Morgan fingerprint density at radius 1 is 1.43 bits per heavy atom. The minimum Gasteiger partial charge on any atom is -1.00 e. The van der Waals surface area contributed by atoms with Gasteiger partial charge in [-0.25, -0.2) is 4.79 Å². The van der Waals surface area contributed by atoms with Crippen LogP contribution in [0.25, 0.3) is 0 Å². The van der Waals surface area contributed by atoms with E-state index < -0.39 is 0 Å². The molecule has 0 heterocycles. The Kier molecular flexibility index (Phi) is 8.06. The number of unbranched alkanes of at least 4 members (excludes halogenated alkanes) is 1. The Hall–Kier alpha value is -0.350. The minimum atomic E-state index is -0.318. The molecule has 3 nitrogen and oxygen atoms in total. The van der Waals surface area contributed by atoms with Crippen molar-refractivity contribution < 1.29 is 31.3 Å². The third kappa shape index (κ3) is 7.09. The summed E-state index contributed by atoms with van der Waals surface area (Å²) < 4.78 is 0.277. The summed E-state index contributed by atoms with van der Waals surface area (Å²) in [4.78, 5) is 16.4. The van der Waals surface area contributed by atoms with Crippen LogP contribution in [0.3, 0.4) is 0 Å². The van der Waals surface area contributed by atoms with Crippen molar-refractivity contribution in [2.24, 2.45) is 0 Å². The molecule has 0 radical (unpaired) electrons. The Bertz CT molecular complexity index is 202. The molecule has 0 aliphatic heterocycles. The van der Waals surface area contributed by atoms with Crippen molar-refractivity contribution in [3.63, 3.8) is 0 Å². The zero-order valence-electron chi connectivity index (χ0n) is 9.47. The Balaban J connectivity index is 0. The Morgan fingerprint density at radius 3 is 2.29 bits per heavy atom. The number of carbonyl (C=O) groups excluding carboxylic acids is 1. The van der Waals surface area contributed by atoms with Crippen molar-refractivity contribution in [1.29, 1.82) is 0 Å². The molecule has 0 aromatic rings. The maximum Gasteiger partial charge on any atom is 0.392 e. The number of quaternary nitrogens is 1. The van der Waals surface area contributed by atoms with E-state index in [1.165, 1.54) is 0 Å². The summed E-state index contributed by atoms with van der Waals surface area (Å²) in [5.41, 5.74) is 0.447. The summed E-state index contributed by atoms with van der Waals surface area (Å²) in [5.74, 6) is -0.318. The highest BCUT2D eigenvalue weighted by Gasteiger charge is 2.21. The first-order chi connectivity index (χ1) is 5.89. The highest BCUT2D eigenvalue weighted by Crippen LogP contribution is 2.05. The monoisotopic (exact) mass is 265 g/mol. The lowest BCUT2D eigenvalue weighted by molar-refractivity contribution is -1.06.